The summed E-state index contributed by atoms with van der Waals surface area (Å²) in [6, 6.07) is 21.2. The summed E-state index contributed by atoms with van der Waals surface area (Å²) < 4.78 is 11.0. The van der Waals surface area contributed by atoms with Crippen LogP contribution < -0.4 is 25.0 Å². The Morgan fingerprint density at radius 2 is 1.79 bits per heavy atom. The van der Waals surface area contributed by atoms with Gasteiger partial charge in [-0.1, -0.05) is 38.1 Å². The van der Waals surface area contributed by atoms with Crippen LogP contribution in [-0.2, 0) is 16.0 Å². The largest absolute Gasteiger partial charge is 0.497 e. The zero-order valence-electron chi connectivity index (χ0n) is 25.1. The van der Waals surface area contributed by atoms with Crippen molar-refractivity contribution in [3.8, 4) is 11.5 Å². The van der Waals surface area contributed by atoms with Crippen LogP contribution in [0.2, 0.25) is 0 Å². The first kappa shape index (κ1) is 28.4. The fourth-order valence-electron chi connectivity index (χ4n) is 6.42. The predicted octanol–water partition coefficient (Wildman–Crippen LogP) is 6.16. The van der Waals surface area contributed by atoms with Gasteiger partial charge in [-0.05, 0) is 71.8 Å². The molecular weight excluding hydrogens is 540 g/mol. The number of rotatable bonds is 8. The molecule has 4 aromatic rings. The van der Waals surface area contributed by atoms with Gasteiger partial charge in [0.25, 0.3) is 0 Å². The quantitative estimate of drug-likeness (QED) is 0.232. The smallest absolute Gasteiger partial charge is 0.239 e. The fourth-order valence-corrected chi connectivity index (χ4v) is 6.42. The Morgan fingerprint density at radius 3 is 2.60 bits per heavy atom. The SMILES string of the molecule is COc1cccc(C2C3=C(CC(C)(C)CC3=O)Nc3ccccc3N2CC(=O)NCCc2c[nH]c3ccc(OC)cc23)c1. The lowest BCUT2D eigenvalue weighted by molar-refractivity contribution is -0.120. The molecule has 0 saturated heterocycles. The van der Waals surface area contributed by atoms with Crippen LogP contribution in [0.25, 0.3) is 10.9 Å². The van der Waals surface area contributed by atoms with Crippen LogP contribution in [-0.4, -0.2) is 44.0 Å². The monoisotopic (exact) mass is 578 g/mol. The van der Waals surface area contributed by atoms with Crippen molar-refractivity contribution in [3.63, 3.8) is 0 Å². The summed E-state index contributed by atoms with van der Waals surface area (Å²) in [6.07, 6.45) is 3.83. The van der Waals surface area contributed by atoms with E-state index in [0.29, 0.717) is 30.7 Å². The number of benzene rings is 3. The van der Waals surface area contributed by atoms with Crippen LogP contribution in [0.1, 0.15) is 43.9 Å². The average Bonchev–Trinajstić information content (AvgIpc) is 3.33. The second-order valence-electron chi connectivity index (χ2n) is 12.1. The molecule has 0 saturated carbocycles. The lowest BCUT2D eigenvalue weighted by Gasteiger charge is -2.38. The Kier molecular flexibility index (Phi) is 7.61. The molecule has 0 spiro atoms. The number of carbonyl (C=O) groups excluding carboxylic acids is 2. The van der Waals surface area contributed by atoms with Gasteiger partial charge in [-0.15, -0.1) is 0 Å². The van der Waals surface area contributed by atoms with Gasteiger partial charge in [0.05, 0.1) is 38.2 Å². The molecule has 6 rings (SSSR count). The zero-order valence-corrected chi connectivity index (χ0v) is 25.1. The van der Waals surface area contributed by atoms with Crippen LogP contribution in [0.15, 0.2) is 84.2 Å². The highest BCUT2D eigenvalue weighted by atomic mass is 16.5. The number of ketones is 1. The molecule has 8 heteroatoms. The van der Waals surface area contributed by atoms with Gasteiger partial charge in [-0.2, -0.15) is 0 Å². The molecule has 0 bridgehead atoms. The number of ether oxygens (including phenoxy) is 2. The number of carbonyl (C=O) groups is 2. The second kappa shape index (κ2) is 11.5. The number of aromatic amines is 1. The summed E-state index contributed by atoms with van der Waals surface area (Å²) >= 11 is 0. The minimum absolute atomic E-state index is 0.0791. The van der Waals surface area contributed by atoms with Gasteiger partial charge in [0.2, 0.25) is 5.91 Å². The highest BCUT2D eigenvalue weighted by Crippen LogP contribution is 2.48. The van der Waals surface area contributed by atoms with Crippen molar-refractivity contribution < 1.29 is 19.1 Å². The number of Topliss-reactive ketones (excluding diaryl/α,β-unsaturated/α-hetero) is 1. The highest BCUT2D eigenvalue weighted by Gasteiger charge is 2.42. The van der Waals surface area contributed by atoms with Gasteiger partial charge in [0.1, 0.15) is 11.5 Å². The lowest BCUT2D eigenvalue weighted by Crippen LogP contribution is -2.42. The molecule has 2 heterocycles. The summed E-state index contributed by atoms with van der Waals surface area (Å²) in [5.41, 5.74) is 6.25. The molecule has 222 valence electrons. The molecule has 0 radical (unpaired) electrons. The predicted molar refractivity (Wildman–Crippen MR) is 170 cm³/mol. The Hall–Kier alpha value is -4.72. The summed E-state index contributed by atoms with van der Waals surface area (Å²) in [7, 11) is 3.29. The molecule has 1 unspecified atom stereocenters. The highest BCUT2D eigenvalue weighted by molar-refractivity contribution is 6.02. The standard InChI is InChI=1S/C35H38N4O4/c1-35(2)18-29-33(31(40)19-35)34(22-8-7-9-24(16-22)42-3)39(30-11-6-5-10-28(30)38-29)21-32(41)36-15-14-23-20-37-27-13-12-25(43-4)17-26(23)27/h5-13,16-17,20,34,37-38H,14-15,18-19,21H2,1-4H3,(H,36,41). The number of nitrogens with one attached hydrogen (secondary N) is 3. The van der Waals surface area contributed by atoms with Gasteiger partial charge in [0.15, 0.2) is 5.78 Å². The Labute approximate surface area is 252 Å². The summed E-state index contributed by atoms with van der Waals surface area (Å²) in [5.74, 6) is 1.48. The summed E-state index contributed by atoms with van der Waals surface area (Å²) in [6.45, 7) is 4.81. The average molecular weight is 579 g/mol. The first-order chi connectivity index (χ1) is 20.8. The molecule has 2 aliphatic rings. The van der Waals surface area contributed by atoms with Crippen LogP contribution >= 0.6 is 0 Å². The van der Waals surface area contributed by atoms with E-state index in [1.807, 2.05) is 72.9 Å². The van der Waals surface area contributed by atoms with E-state index >= 15 is 0 Å². The van der Waals surface area contributed by atoms with E-state index in [2.05, 4.69) is 34.4 Å². The van der Waals surface area contributed by atoms with Crippen molar-refractivity contribution in [2.45, 2.75) is 39.2 Å². The van der Waals surface area contributed by atoms with Crippen LogP contribution in [0.4, 0.5) is 11.4 Å². The molecule has 1 aliphatic carbocycles. The van der Waals surface area contributed by atoms with Crippen molar-refractivity contribution >= 4 is 34.0 Å². The van der Waals surface area contributed by atoms with Crippen molar-refractivity contribution in [2.75, 3.05) is 37.5 Å². The van der Waals surface area contributed by atoms with Crippen LogP contribution in [0.5, 0.6) is 11.5 Å². The number of allylic oxidation sites excluding steroid dienone is 1. The number of fused-ring (bicyclic) bond motifs is 2. The van der Waals surface area contributed by atoms with Crippen molar-refractivity contribution in [2.24, 2.45) is 5.41 Å². The number of hydrogen-bond donors (Lipinski definition) is 3. The molecule has 43 heavy (non-hydrogen) atoms. The number of hydrogen-bond acceptors (Lipinski definition) is 6. The fraction of sp³-hybridized carbons (Fsp3) is 0.314. The van der Waals surface area contributed by atoms with Crippen LogP contribution in [0, 0.1) is 5.41 Å². The van der Waals surface area contributed by atoms with Gasteiger partial charge in [-0.3, -0.25) is 9.59 Å². The summed E-state index contributed by atoms with van der Waals surface area (Å²) in [4.78, 5) is 32.9. The minimum Gasteiger partial charge on any atom is -0.497 e. The molecule has 3 N–H and O–H groups in total. The van der Waals surface area contributed by atoms with E-state index < -0.39 is 6.04 Å². The normalized spacial score (nSPS) is 17.5. The maximum atomic E-state index is 13.9. The molecule has 8 nitrogen and oxygen atoms in total. The van der Waals surface area contributed by atoms with Crippen LogP contribution in [0.3, 0.4) is 0 Å². The zero-order chi connectivity index (χ0) is 30.1. The molecule has 1 aromatic heterocycles. The Bertz CT molecular complexity index is 1720. The van der Waals surface area contributed by atoms with Gasteiger partial charge >= 0.3 is 0 Å². The number of anilines is 2. The third kappa shape index (κ3) is 5.69. The number of aromatic nitrogens is 1. The molecule has 1 amide bonds. The molecule has 3 aromatic carbocycles. The van der Waals surface area contributed by atoms with E-state index in [0.717, 1.165) is 51.3 Å². The Balaban J connectivity index is 1.32. The molecular formula is C35H38N4O4. The second-order valence-corrected chi connectivity index (χ2v) is 12.1. The third-order valence-electron chi connectivity index (χ3n) is 8.42. The number of nitrogens with zero attached hydrogens (tertiary/aromatic N) is 1. The number of amides is 1. The first-order valence-electron chi connectivity index (χ1n) is 14.7. The van der Waals surface area contributed by atoms with Gasteiger partial charge < -0.3 is 30.0 Å². The molecule has 1 aliphatic heterocycles. The number of para-hydroxylation sites is 2. The van der Waals surface area contributed by atoms with Gasteiger partial charge in [-0.25, -0.2) is 0 Å². The van der Waals surface area contributed by atoms with E-state index in [9.17, 15) is 9.59 Å². The maximum absolute atomic E-state index is 13.9. The van der Waals surface area contributed by atoms with Crippen molar-refractivity contribution in [3.05, 3.63) is 95.3 Å². The lowest BCUT2D eigenvalue weighted by atomic mass is 9.73. The first-order valence-corrected chi connectivity index (χ1v) is 14.7. The molecule has 0 fully saturated rings. The topological polar surface area (TPSA) is 95.7 Å². The molecule has 1 atom stereocenters. The van der Waals surface area contributed by atoms with Crippen molar-refractivity contribution in [1.82, 2.24) is 10.3 Å². The minimum atomic E-state index is -0.461. The van der Waals surface area contributed by atoms with E-state index in [1.165, 1.54) is 0 Å². The van der Waals surface area contributed by atoms with E-state index in [1.54, 1.807) is 14.2 Å². The van der Waals surface area contributed by atoms with Gasteiger partial charge in [0, 0.05) is 41.3 Å². The Morgan fingerprint density at radius 1 is 1.00 bits per heavy atom. The van der Waals surface area contributed by atoms with E-state index in [4.69, 9.17) is 9.47 Å². The van der Waals surface area contributed by atoms with Crippen molar-refractivity contribution in [1.29, 1.82) is 0 Å². The third-order valence-corrected chi connectivity index (χ3v) is 8.42. The van der Waals surface area contributed by atoms with E-state index in [-0.39, 0.29) is 23.7 Å². The maximum Gasteiger partial charge on any atom is 0.239 e. The summed E-state index contributed by atoms with van der Waals surface area (Å²) in [5, 5.41) is 7.82. The number of methoxy groups -OCH3 is 2. The number of H-pyrrole nitrogens is 1.